The monoisotopic (exact) mass is 323 g/mol. The van der Waals surface area contributed by atoms with Gasteiger partial charge in [0.05, 0.1) is 15.9 Å². The molecule has 0 spiro atoms. The second-order valence-corrected chi connectivity index (χ2v) is 6.57. The van der Waals surface area contributed by atoms with Crippen LogP contribution in [0.4, 0.5) is 0 Å². The topological polar surface area (TPSA) is 66.3 Å². The highest BCUT2D eigenvalue weighted by molar-refractivity contribution is 7.14. The second-order valence-electron chi connectivity index (χ2n) is 5.02. The molecule has 0 aromatic carbocycles. The Morgan fingerprint density at radius 2 is 2.24 bits per heavy atom. The van der Waals surface area contributed by atoms with Crippen molar-refractivity contribution < 1.29 is 9.90 Å². The van der Waals surface area contributed by atoms with Crippen LogP contribution in [0.1, 0.15) is 40.6 Å². The van der Waals surface area contributed by atoms with Crippen LogP contribution in [0, 0.1) is 0 Å². The molecule has 1 saturated heterocycles. The fraction of sp³-hybridized carbons (Fsp3) is 0.357. The first kappa shape index (κ1) is 14.4. The number of carboxylic acids is 1. The summed E-state index contributed by atoms with van der Waals surface area (Å²) in [4.78, 5) is 21.6. The fourth-order valence-electron chi connectivity index (χ4n) is 2.59. The lowest BCUT2D eigenvalue weighted by Gasteiger charge is -2.22. The lowest BCUT2D eigenvalue weighted by atomic mass is 10.2. The molecule has 1 fully saturated rings. The molecule has 1 unspecified atom stereocenters. The van der Waals surface area contributed by atoms with Crippen molar-refractivity contribution in [2.45, 2.75) is 25.4 Å². The van der Waals surface area contributed by atoms with Gasteiger partial charge in [-0.2, -0.15) is 0 Å². The molecule has 0 amide bonds. The van der Waals surface area contributed by atoms with Crippen LogP contribution in [-0.4, -0.2) is 32.5 Å². The zero-order valence-corrected chi connectivity index (χ0v) is 12.8. The molecule has 1 N–H and O–H groups in total. The van der Waals surface area contributed by atoms with Crippen molar-refractivity contribution in [1.82, 2.24) is 14.9 Å². The molecular weight excluding hydrogens is 310 g/mol. The molecule has 0 aliphatic carbocycles. The summed E-state index contributed by atoms with van der Waals surface area (Å²) in [6, 6.07) is 2.13. The zero-order chi connectivity index (χ0) is 14.8. The summed E-state index contributed by atoms with van der Waals surface area (Å²) >= 11 is 7.50. The number of rotatable bonds is 4. The summed E-state index contributed by atoms with van der Waals surface area (Å²) in [6.07, 6.45) is 4.84. The number of aromatic carboxylic acids is 1. The maximum Gasteiger partial charge on any atom is 0.338 e. The summed E-state index contributed by atoms with van der Waals surface area (Å²) in [5.41, 5.74) is 1.31. The molecule has 5 nitrogen and oxygen atoms in total. The maximum absolute atomic E-state index is 10.8. The average molecular weight is 324 g/mol. The first-order valence-corrected chi connectivity index (χ1v) is 7.91. The SMILES string of the molecule is O=C(O)c1cnc(C2CCCN2Cc2csc(Cl)c2)nc1. The Morgan fingerprint density at radius 1 is 1.48 bits per heavy atom. The number of halogens is 1. The third kappa shape index (κ3) is 3.23. The van der Waals surface area contributed by atoms with E-state index in [9.17, 15) is 4.79 Å². The zero-order valence-electron chi connectivity index (χ0n) is 11.2. The van der Waals surface area contributed by atoms with Crippen LogP contribution in [0.2, 0.25) is 4.34 Å². The van der Waals surface area contributed by atoms with Gasteiger partial charge in [0.15, 0.2) is 0 Å². The van der Waals surface area contributed by atoms with Gasteiger partial charge in [-0.3, -0.25) is 4.90 Å². The number of thiophene rings is 1. The number of likely N-dealkylation sites (tertiary alicyclic amines) is 1. The molecule has 1 atom stereocenters. The Balaban J connectivity index is 1.75. The molecule has 21 heavy (non-hydrogen) atoms. The number of aromatic nitrogens is 2. The van der Waals surface area contributed by atoms with Crippen molar-refractivity contribution in [3.8, 4) is 0 Å². The molecule has 1 aliphatic rings. The lowest BCUT2D eigenvalue weighted by Crippen LogP contribution is -2.24. The van der Waals surface area contributed by atoms with Crippen LogP contribution < -0.4 is 0 Å². The van der Waals surface area contributed by atoms with E-state index in [4.69, 9.17) is 16.7 Å². The summed E-state index contributed by atoms with van der Waals surface area (Å²) in [5, 5.41) is 11.0. The summed E-state index contributed by atoms with van der Waals surface area (Å²) in [6.45, 7) is 1.81. The first-order chi connectivity index (χ1) is 10.1. The molecule has 3 heterocycles. The normalized spacial score (nSPS) is 19.0. The van der Waals surface area contributed by atoms with Gasteiger partial charge in [-0.15, -0.1) is 11.3 Å². The molecule has 1 aliphatic heterocycles. The molecule has 0 bridgehead atoms. The number of nitrogens with zero attached hydrogens (tertiary/aromatic N) is 3. The molecule has 2 aromatic heterocycles. The van der Waals surface area contributed by atoms with Crippen LogP contribution in [0.25, 0.3) is 0 Å². The van der Waals surface area contributed by atoms with Crippen LogP contribution in [0.5, 0.6) is 0 Å². The van der Waals surface area contributed by atoms with Crippen LogP contribution in [0.15, 0.2) is 23.8 Å². The van der Waals surface area contributed by atoms with E-state index in [0.717, 1.165) is 30.3 Å². The van der Waals surface area contributed by atoms with Crippen molar-refractivity contribution in [2.75, 3.05) is 6.54 Å². The fourth-order valence-corrected chi connectivity index (χ4v) is 3.49. The van der Waals surface area contributed by atoms with E-state index in [-0.39, 0.29) is 11.6 Å². The van der Waals surface area contributed by atoms with Crippen molar-refractivity contribution in [1.29, 1.82) is 0 Å². The van der Waals surface area contributed by atoms with Gasteiger partial charge < -0.3 is 5.11 Å². The van der Waals surface area contributed by atoms with E-state index in [0.29, 0.717) is 5.82 Å². The minimum Gasteiger partial charge on any atom is -0.478 e. The van der Waals surface area contributed by atoms with Gasteiger partial charge in [0.1, 0.15) is 5.82 Å². The maximum atomic E-state index is 10.8. The molecule has 3 rings (SSSR count). The van der Waals surface area contributed by atoms with Gasteiger partial charge in [0.25, 0.3) is 0 Å². The quantitative estimate of drug-likeness (QED) is 0.935. The van der Waals surface area contributed by atoms with Crippen molar-refractivity contribution >= 4 is 28.9 Å². The predicted molar refractivity (Wildman–Crippen MR) is 80.7 cm³/mol. The molecule has 110 valence electrons. The van der Waals surface area contributed by atoms with Gasteiger partial charge in [-0.25, -0.2) is 14.8 Å². The van der Waals surface area contributed by atoms with Gasteiger partial charge in [0.2, 0.25) is 0 Å². The van der Waals surface area contributed by atoms with Gasteiger partial charge in [-0.05, 0) is 36.4 Å². The Kier molecular flexibility index (Phi) is 4.19. The smallest absolute Gasteiger partial charge is 0.338 e. The van der Waals surface area contributed by atoms with E-state index >= 15 is 0 Å². The van der Waals surface area contributed by atoms with Crippen molar-refractivity contribution in [2.24, 2.45) is 0 Å². The van der Waals surface area contributed by atoms with E-state index < -0.39 is 5.97 Å². The highest BCUT2D eigenvalue weighted by Crippen LogP contribution is 2.32. The average Bonchev–Trinajstić information content (AvgIpc) is 3.09. The summed E-state index contributed by atoms with van der Waals surface area (Å²) in [7, 11) is 0. The molecule has 0 radical (unpaired) electrons. The summed E-state index contributed by atoms with van der Waals surface area (Å²) in [5.74, 6) is -0.309. The largest absolute Gasteiger partial charge is 0.478 e. The number of carboxylic acid groups (broad SMARTS) is 1. The Morgan fingerprint density at radius 3 is 2.86 bits per heavy atom. The summed E-state index contributed by atoms with van der Waals surface area (Å²) < 4.78 is 0.794. The second kappa shape index (κ2) is 6.09. The molecule has 0 saturated carbocycles. The van der Waals surface area contributed by atoms with Crippen LogP contribution in [0.3, 0.4) is 0 Å². The predicted octanol–water partition coefficient (Wildman–Crippen LogP) is 3.23. The van der Waals surface area contributed by atoms with Crippen LogP contribution >= 0.6 is 22.9 Å². The Hall–Kier alpha value is -1.50. The van der Waals surface area contributed by atoms with Crippen molar-refractivity contribution in [3.05, 3.63) is 45.1 Å². The van der Waals surface area contributed by atoms with Crippen LogP contribution in [-0.2, 0) is 6.54 Å². The minimum absolute atomic E-state index is 0.118. The van der Waals surface area contributed by atoms with Gasteiger partial charge in [0, 0.05) is 18.9 Å². The Bertz CT molecular complexity index is 644. The van der Waals surface area contributed by atoms with E-state index in [1.165, 1.54) is 29.3 Å². The minimum atomic E-state index is -1.00. The van der Waals surface area contributed by atoms with E-state index in [1.807, 2.05) is 6.07 Å². The van der Waals surface area contributed by atoms with Gasteiger partial charge >= 0.3 is 5.97 Å². The highest BCUT2D eigenvalue weighted by atomic mass is 35.5. The number of hydrogen-bond donors (Lipinski definition) is 1. The number of carbonyl (C=O) groups is 1. The van der Waals surface area contributed by atoms with E-state index in [2.05, 4.69) is 20.2 Å². The Labute approximate surface area is 131 Å². The third-order valence-electron chi connectivity index (χ3n) is 3.59. The first-order valence-electron chi connectivity index (χ1n) is 6.65. The van der Waals surface area contributed by atoms with Crippen molar-refractivity contribution in [3.63, 3.8) is 0 Å². The molecule has 2 aromatic rings. The van der Waals surface area contributed by atoms with E-state index in [1.54, 1.807) is 0 Å². The molecular formula is C14H14ClN3O2S. The lowest BCUT2D eigenvalue weighted by molar-refractivity contribution is 0.0695. The molecule has 7 heteroatoms. The van der Waals surface area contributed by atoms with Gasteiger partial charge in [-0.1, -0.05) is 11.6 Å². The standard InChI is InChI=1S/C14H14ClN3O2S/c15-12-4-9(8-21-12)7-18-3-1-2-11(18)13-16-5-10(6-17-13)14(19)20/h4-6,8,11H,1-3,7H2,(H,19,20). The third-order valence-corrected chi connectivity index (χ3v) is 4.73. The highest BCUT2D eigenvalue weighted by Gasteiger charge is 2.28. The number of hydrogen-bond acceptors (Lipinski definition) is 5.